The Morgan fingerprint density at radius 1 is 1.35 bits per heavy atom. The number of fused-ring (bicyclic) bond motifs is 1. The molecule has 8 heteroatoms. The average Bonchev–Trinajstić information content (AvgIpc) is 3.25. The largest absolute Gasteiger partial charge is 0.468 e. The van der Waals surface area contributed by atoms with Crippen LogP contribution in [0.15, 0.2) is 21.9 Å². The average molecular weight is 374 g/mol. The molecule has 3 aromatic heterocycles. The molecule has 0 fully saturated rings. The third-order valence-electron chi connectivity index (χ3n) is 4.29. The minimum Gasteiger partial charge on any atom is -0.468 e. The lowest BCUT2D eigenvalue weighted by Gasteiger charge is -2.09. The fourth-order valence-electron chi connectivity index (χ4n) is 2.84. The van der Waals surface area contributed by atoms with Crippen molar-refractivity contribution in [2.24, 2.45) is 0 Å². The number of ether oxygens (including phenoxy) is 1. The van der Waals surface area contributed by atoms with Crippen LogP contribution in [0, 0.1) is 13.8 Å². The Morgan fingerprint density at radius 3 is 2.88 bits per heavy atom. The maximum Gasteiger partial charge on any atom is 0.341 e. The number of aryl methyl sites for hydroxylation is 2. The highest BCUT2D eigenvalue weighted by atomic mass is 32.2. The summed E-state index contributed by atoms with van der Waals surface area (Å²) in [5, 5.41) is 5.16. The molecule has 0 N–H and O–H groups in total. The molecule has 0 saturated heterocycles. The number of rotatable bonds is 7. The monoisotopic (exact) mass is 374 g/mol. The quantitative estimate of drug-likeness (QED) is 0.460. The summed E-state index contributed by atoms with van der Waals surface area (Å²) in [7, 11) is 1.35. The van der Waals surface area contributed by atoms with Gasteiger partial charge in [-0.1, -0.05) is 25.1 Å². The molecule has 0 radical (unpaired) electrons. The molecule has 0 aromatic carbocycles. The van der Waals surface area contributed by atoms with Crippen molar-refractivity contribution < 1.29 is 13.9 Å². The van der Waals surface area contributed by atoms with Crippen LogP contribution >= 0.6 is 11.8 Å². The molecule has 0 aliphatic carbocycles. The Balaban J connectivity index is 1.83. The molecule has 0 bridgehead atoms. The number of carbonyl (C=O) groups excluding carboxylic acids is 1. The number of methoxy groups -OCH3 is 1. The number of unbranched alkanes of at least 4 members (excludes halogenated alkanes) is 1. The van der Waals surface area contributed by atoms with E-state index in [-0.39, 0.29) is 0 Å². The molecule has 0 atom stereocenters. The van der Waals surface area contributed by atoms with E-state index in [1.807, 2.05) is 6.92 Å². The van der Waals surface area contributed by atoms with Gasteiger partial charge in [-0.25, -0.2) is 14.3 Å². The molecule has 138 valence electrons. The second-order valence-corrected chi connectivity index (χ2v) is 6.95. The van der Waals surface area contributed by atoms with Gasteiger partial charge in [0.25, 0.3) is 5.78 Å². The molecule has 0 aliphatic heterocycles. The summed E-state index contributed by atoms with van der Waals surface area (Å²) in [5.41, 5.74) is 3.75. The van der Waals surface area contributed by atoms with Crippen molar-refractivity contribution in [1.82, 2.24) is 19.6 Å². The van der Waals surface area contributed by atoms with Crippen molar-refractivity contribution in [2.45, 2.75) is 50.9 Å². The van der Waals surface area contributed by atoms with E-state index in [4.69, 9.17) is 9.15 Å². The lowest BCUT2D eigenvalue weighted by atomic mass is 10.1. The highest BCUT2D eigenvalue weighted by molar-refractivity contribution is 7.98. The van der Waals surface area contributed by atoms with Crippen molar-refractivity contribution in [2.75, 3.05) is 7.11 Å². The van der Waals surface area contributed by atoms with E-state index in [9.17, 15) is 4.79 Å². The van der Waals surface area contributed by atoms with Crippen LogP contribution in [0.3, 0.4) is 0 Å². The van der Waals surface area contributed by atoms with Crippen LogP contribution in [-0.4, -0.2) is 32.7 Å². The summed E-state index contributed by atoms with van der Waals surface area (Å²) in [6.07, 6.45) is 4.74. The Hall–Kier alpha value is -2.35. The molecule has 0 spiro atoms. The maximum absolute atomic E-state index is 11.7. The molecule has 3 heterocycles. The normalized spacial score (nSPS) is 11.2. The van der Waals surface area contributed by atoms with E-state index >= 15 is 0 Å². The zero-order valence-electron chi connectivity index (χ0n) is 15.4. The predicted molar refractivity (Wildman–Crippen MR) is 98.5 cm³/mol. The first-order chi connectivity index (χ1) is 12.5. The Morgan fingerprint density at radius 2 is 2.15 bits per heavy atom. The van der Waals surface area contributed by atoms with Crippen molar-refractivity contribution in [3.05, 3.63) is 40.6 Å². The zero-order valence-corrected chi connectivity index (χ0v) is 16.2. The first-order valence-electron chi connectivity index (χ1n) is 8.55. The van der Waals surface area contributed by atoms with Gasteiger partial charge in [0.1, 0.15) is 11.3 Å². The van der Waals surface area contributed by atoms with Gasteiger partial charge in [0.05, 0.1) is 19.1 Å². The van der Waals surface area contributed by atoms with Crippen LogP contribution in [0.2, 0.25) is 0 Å². The number of esters is 1. The Labute approximate surface area is 156 Å². The van der Waals surface area contributed by atoms with E-state index in [1.165, 1.54) is 30.7 Å². The topological polar surface area (TPSA) is 82.5 Å². The summed E-state index contributed by atoms with van der Waals surface area (Å²) < 4.78 is 11.9. The fraction of sp³-hybridized carbons (Fsp3) is 0.444. The van der Waals surface area contributed by atoms with Gasteiger partial charge in [-0.2, -0.15) is 4.98 Å². The predicted octanol–water partition coefficient (Wildman–Crippen LogP) is 3.76. The number of nitrogens with zero attached hydrogens (tertiary/aromatic N) is 4. The van der Waals surface area contributed by atoms with Crippen LogP contribution in [-0.2, 0) is 16.9 Å². The minimum atomic E-state index is -0.411. The van der Waals surface area contributed by atoms with Crippen LogP contribution in [0.5, 0.6) is 0 Å². The summed E-state index contributed by atoms with van der Waals surface area (Å²) in [6, 6.07) is 1.61. The molecule has 7 nitrogen and oxygen atoms in total. The van der Waals surface area contributed by atoms with E-state index in [1.54, 1.807) is 10.6 Å². The lowest BCUT2D eigenvalue weighted by molar-refractivity contribution is 0.0598. The molecule has 3 rings (SSSR count). The van der Waals surface area contributed by atoms with E-state index in [0.717, 1.165) is 30.7 Å². The van der Waals surface area contributed by atoms with Gasteiger partial charge in [-0.05, 0) is 38.3 Å². The first kappa shape index (κ1) is 18.4. The molecular formula is C18H22N4O3S. The van der Waals surface area contributed by atoms with Gasteiger partial charge in [-0.15, -0.1) is 5.10 Å². The van der Waals surface area contributed by atoms with Crippen LogP contribution in [0.4, 0.5) is 0 Å². The summed E-state index contributed by atoms with van der Waals surface area (Å²) in [6.45, 7) is 6.25. The van der Waals surface area contributed by atoms with Crippen LogP contribution in [0.1, 0.15) is 52.8 Å². The van der Waals surface area contributed by atoms with Crippen molar-refractivity contribution in [1.29, 1.82) is 0 Å². The number of carbonyl (C=O) groups is 1. The molecule has 26 heavy (non-hydrogen) atoms. The van der Waals surface area contributed by atoms with Gasteiger partial charge < -0.3 is 9.15 Å². The smallest absolute Gasteiger partial charge is 0.341 e. The van der Waals surface area contributed by atoms with Gasteiger partial charge in [0, 0.05) is 11.4 Å². The van der Waals surface area contributed by atoms with E-state index < -0.39 is 5.97 Å². The highest BCUT2D eigenvalue weighted by Gasteiger charge is 2.17. The van der Waals surface area contributed by atoms with E-state index in [0.29, 0.717) is 28.0 Å². The van der Waals surface area contributed by atoms with Gasteiger partial charge in [0.15, 0.2) is 0 Å². The van der Waals surface area contributed by atoms with E-state index in [2.05, 4.69) is 28.9 Å². The highest BCUT2D eigenvalue weighted by Crippen LogP contribution is 2.24. The molecule has 0 unspecified atom stereocenters. The second-order valence-electron chi connectivity index (χ2n) is 6.01. The van der Waals surface area contributed by atoms with Crippen molar-refractivity contribution >= 4 is 23.5 Å². The van der Waals surface area contributed by atoms with Crippen LogP contribution < -0.4 is 0 Å². The van der Waals surface area contributed by atoms with Gasteiger partial charge in [-0.3, -0.25) is 0 Å². The van der Waals surface area contributed by atoms with Gasteiger partial charge >= 0.3 is 5.97 Å². The second kappa shape index (κ2) is 7.90. The minimum absolute atomic E-state index is 0.411. The Bertz CT molecular complexity index is 932. The maximum atomic E-state index is 11.7. The zero-order chi connectivity index (χ0) is 18.7. The summed E-state index contributed by atoms with van der Waals surface area (Å²) >= 11 is 1.40. The van der Waals surface area contributed by atoms with Crippen LogP contribution in [0.25, 0.3) is 5.78 Å². The summed E-state index contributed by atoms with van der Waals surface area (Å²) in [4.78, 5) is 20.8. The SMILES string of the molecule is CCCCc1c(C)nc2nc(SCc3occc3C(=O)OC)nn2c1C. The standard InChI is InChI=1S/C18H22N4O3S/c1-5-6-7-13-11(2)19-17-20-18(21-22(17)12(13)3)26-10-15-14(8-9-25-15)16(23)24-4/h8-9H,5-7,10H2,1-4H3. The number of thioether (sulfide) groups is 1. The van der Waals surface area contributed by atoms with Crippen molar-refractivity contribution in [3.63, 3.8) is 0 Å². The number of hydrogen-bond acceptors (Lipinski definition) is 7. The van der Waals surface area contributed by atoms with Crippen molar-refractivity contribution in [3.8, 4) is 0 Å². The third kappa shape index (κ3) is 3.60. The molecular weight excluding hydrogens is 352 g/mol. The summed E-state index contributed by atoms with van der Waals surface area (Å²) in [5.74, 6) is 1.17. The first-order valence-corrected chi connectivity index (χ1v) is 9.54. The molecule has 0 amide bonds. The molecule has 0 aliphatic rings. The number of hydrogen-bond donors (Lipinski definition) is 0. The molecule has 0 saturated carbocycles. The fourth-order valence-corrected chi connectivity index (χ4v) is 3.61. The third-order valence-corrected chi connectivity index (χ3v) is 5.13. The number of aromatic nitrogens is 4. The Kier molecular flexibility index (Phi) is 5.61. The lowest BCUT2D eigenvalue weighted by Crippen LogP contribution is -2.05. The number of furan rings is 1. The molecule has 3 aromatic rings. The van der Waals surface area contributed by atoms with Gasteiger partial charge in [0.2, 0.25) is 5.16 Å².